The molecule has 0 aliphatic rings. The zero-order valence-corrected chi connectivity index (χ0v) is 22.8. The topological polar surface area (TPSA) is 90.9 Å². The van der Waals surface area contributed by atoms with Gasteiger partial charge in [-0.15, -0.1) is 10.2 Å². The van der Waals surface area contributed by atoms with E-state index in [1.807, 2.05) is 36.4 Å². The minimum Gasteiger partial charge on any atom is -0.494 e. The molecule has 1 atom stereocenters. The standard InChI is InChI=1S/C28H32ClN5O2S/c1-3-21(6-5-19-36-25-13-7-22(8-14-25)15-17-30)16-18-34(4-2)24-11-9-23(10-12-24)32-33-28-31-27(29)26(20-35)37-28/h7-14,20-21H,3-6,15-16,18-19H2,1-2H3. The van der Waals surface area contributed by atoms with Gasteiger partial charge in [-0.1, -0.05) is 48.4 Å². The zero-order chi connectivity index (χ0) is 26.5. The number of nitriles is 1. The molecule has 3 aromatic rings. The van der Waals surface area contributed by atoms with E-state index in [-0.39, 0.29) is 5.15 Å². The van der Waals surface area contributed by atoms with Gasteiger partial charge in [0.2, 0.25) is 5.13 Å². The van der Waals surface area contributed by atoms with Crippen LogP contribution < -0.4 is 9.64 Å². The van der Waals surface area contributed by atoms with Crippen molar-refractivity contribution in [3.8, 4) is 11.8 Å². The van der Waals surface area contributed by atoms with Crippen LogP contribution in [0.1, 0.15) is 54.8 Å². The summed E-state index contributed by atoms with van der Waals surface area (Å²) >= 11 is 6.99. The molecule has 194 valence electrons. The molecule has 1 unspecified atom stereocenters. The van der Waals surface area contributed by atoms with Crippen molar-refractivity contribution in [3.63, 3.8) is 0 Å². The van der Waals surface area contributed by atoms with Crippen LogP contribution in [0.3, 0.4) is 0 Å². The van der Waals surface area contributed by atoms with Gasteiger partial charge in [-0.25, -0.2) is 4.98 Å². The van der Waals surface area contributed by atoms with Gasteiger partial charge in [0.1, 0.15) is 10.6 Å². The lowest BCUT2D eigenvalue weighted by molar-refractivity contribution is 0.112. The van der Waals surface area contributed by atoms with Crippen molar-refractivity contribution in [1.29, 1.82) is 5.26 Å². The highest BCUT2D eigenvalue weighted by Crippen LogP contribution is 2.29. The summed E-state index contributed by atoms with van der Waals surface area (Å²) in [6, 6.07) is 17.9. The van der Waals surface area contributed by atoms with E-state index >= 15 is 0 Å². The van der Waals surface area contributed by atoms with E-state index in [1.54, 1.807) is 0 Å². The predicted octanol–water partition coefficient (Wildman–Crippen LogP) is 8.19. The second kappa shape index (κ2) is 15.1. The normalized spacial score (nSPS) is 11.8. The summed E-state index contributed by atoms with van der Waals surface area (Å²) < 4.78 is 5.89. The van der Waals surface area contributed by atoms with Gasteiger partial charge in [0.15, 0.2) is 11.4 Å². The van der Waals surface area contributed by atoms with E-state index in [2.05, 4.69) is 52.2 Å². The van der Waals surface area contributed by atoms with E-state index < -0.39 is 0 Å². The summed E-state index contributed by atoms with van der Waals surface area (Å²) in [4.78, 5) is 17.6. The Morgan fingerprint density at radius 2 is 1.89 bits per heavy atom. The van der Waals surface area contributed by atoms with Gasteiger partial charge in [0.05, 0.1) is 24.8 Å². The fourth-order valence-corrected chi connectivity index (χ4v) is 4.85. The summed E-state index contributed by atoms with van der Waals surface area (Å²) in [5.41, 5.74) is 2.88. The lowest BCUT2D eigenvalue weighted by Gasteiger charge is -2.26. The molecule has 1 aromatic heterocycles. The Morgan fingerprint density at radius 3 is 2.51 bits per heavy atom. The maximum atomic E-state index is 10.9. The highest BCUT2D eigenvalue weighted by molar-refractivity contribution is 7.17. The van der Waals surface area contributed by atoms with Crippen molar-refractivity contribution in [3.05, 3.63) is 64.1 Å². The molecule has 0 radical (unpaired) electrons. The van der Waals surface area contributed by atoms with Crippen molar-refractivity contribution >= 4 is 45.7 Å². The number of anilines is 1. The molecule has 3 rings (SSSR count). The van der Waals surface area contributed by atoms with Gasteiger partial charge < -0.3 is 9.64 Å². The number of thiazole rings is 1. The molecule has 0 amide bonds. The molecular weight excluding hydrogens is 506 g/mol. The molecule has 9 heteroatoms. The molecule has 1 heterocycles. The monoisotopic (exact) mass is 537 g/mol. The van der Waals surface area contributed by atoms with Gasteiger partial charge in [-0.3, -0.25) is 4.79 Å². The first-order valence-electron chi connectivity index (χ1n) is 12.5. The molecule has 0 aliphatic carbocycles. The third kappa shape index (κ3) is 8.96. The average Bonchev–Trinajstić information content (AvgIpc) is 3.30. The Bertz CT molecular complexity index is 1190. The van der Waals surface area contributed by atoms with Crippen molar-refractivity contribution in [2.45, 2.75) is 46.0 Å². The van der Waals surface area contributed by atoms with Crippen molar-refractivity contribution in [2.75, 3.05) is 24.6 Å². The van der Waals surface area contributed by atoms with Crippen LogP contribution >= 0.6 is 22.9 Å². The van der Waals surface area contributed by atoms with Crippen LogP contribution in [0.15, 0.2) is 58.8 Å². The molecule has 0 aliphatic heterocycles. The maximum absolute atomic E-state index is 10.9. The highest BCUT2D eigenvalue weighted by atomic mass is 35.5. The number of rotatable bonds is 15. The first-order chi connectivity index (χ1) is 18.1. The number of nitrogens with zero attached hydrogens (tertiary/aromatic N) is 5. The first-order valence-corrected chi connectivity index (χ1v) is 13.7. The third-order valence-electron chi connectivity index (χ3n) is 6.17. The van der Waals surface area contributed by atoms with Crippen LogP contribution in [-0.2, 0) is 6.42 Å². The Hall–Kier alpha value is -3.28. The van der Waals surface area contributed by atoms with Crippen LogP contribution in [0.5, 0.6) is 5.75 Å². The molecule has 7 nitrogen and oxygen atoms in total. The summed E-state index contributed by atoms with van der Waals surface area (Å²) in [6.07, 6.45) is 5.51. The Labute approximate surface area is 227 Å². The van der Waals surface area contributed by atoms with Crippen molar-refractivity contribution < 1.29 is 9.53 Å². The van der Waals surface area contributed by atoms with Crippen LogP contribution in [-0.4, -0.2) is 31.0 Å². The van der Waals surface area contributed by atoms with Crippen molar-refractivity contribution in [2.24, 2.45) is 16.1 Å². The molecule has 0 fully saturated rings. The Morgan fingerprint density at radius 1 is 1.14 bits per heavy atom. The molecule has 37 heavy (non-hydrogen) atoms. The number of aromatic nitrogens is 1. The number of hydrogen-bond donors (Lipinski definition) is 0. The molecule has 0 bridgehead atoms. The maximum Gasteiger partial charge on any atom is 0.232 e. The van der Waals surface area contributed by atoms with Gasteiger partial charge in [-0.05, 0) is 74.1 Å². The fourth-order valence-electron chi connectivity index (χ4n) is 3.97. The molecule has 0 saturated carbocycles. The summed E-state index contributed by atoms with van der Waals surface area (Å²) in [6.45, 7) is 7.03. The van der Waals surface area contributed by atoms with Crippen LogP contribution in [0, 0.1) is 17.2 Å². The summed E-state index contributed by atoms with van der Waals surface area (Å²) in [7, 11) is 0. The smallest absolute Gasteiger partial charge is 0.232 e. The number of benzene rings is 2. The largest absolute Gasteiger partial charge is 0.494 e. The molecule has 0 spiro atoms. The lowest BCUT2D eigenvalue weighted by Crippen LogP contribution is -2.25. The van der Waals surface area contributed by atoms with Crippen LogP contribution in [0.25, 0.3) is 0 Å². The van der Waals surface area contributed by atoms with Gasteiger partial charge in [0, 0.05) is 18.8 Å². The first kappa shape index (κ1) is 28.3. The van der Waals surface area contributed by atoms with E-state index in [4.69, 9.17) is 21.6 Å². The second-order valence-electron chi connectivity index (χ2n) is 8.60. The number of carbonyl (C=O) groups excluding carboxylic acids is 1. The highest BCUT2D eigenvalue weighted by Gasteiger charge is 2.11. The minimum absolute atomic E-state index is 0.156. The van der Waals surface area contributed by atoms with E-state index in [9.17, 15) is 4.79 Å². The zero-order valence-electron chi connectivity index (χ0n) is 21.3. The van der Waals surface area contributed by atoms with E-state index in [1.165, 1.54) is 0 Å². The Balaban J connectivity index is 1.44. The van der Waals surface area contributed by atoms with Gasteiger partial charge in [-0.2, -0.15) is 5.26 Å². The minimum atomic E-state index is 0.156. The van der Waals surface area contributed by atoms with E-state index in [0.717, 1.165) is 67.1 Å². The lowest BCUT2D eigenvalue weighted by atomic mass is 9.96. The number of aldehydes is 1. The van der Waals surface area contributed by atoms with Gasteiger partial charge in [0.25, 0.3) is 0 Å². The number of azo groups is 1. The second-order valence-corrected chi connectivity index (χ2v) is 9.97. The van der Waals surface area contributed by atoms with Gasteiger partial charge >= 0.3 is 0 Å². The number of hydrogen-bond acceptors (Lipinski definition) is 8. The quantitative estimate of drug-likeness (QED) is 0.111. The van der Waals surface area contributed by atoms with Crippen LogP contribution in [0.2, 0.25) is 5.15 Å². The molecule has 2 aromatic carbocycles. The average molecular weight is 538 g/mol. The predicted molar refractivity (Wildman–Crippen MR) is 150 cm³/mol. The third-order valence-corrected chi connectivity index (χ3v) is 7.43. The summed E-state index contributed by atoms with van der Waals surface area (Å²) in [5.74, 6) is 1.50. The van der Waals surface area contributed by atoms with E-state index in [0.29, 0.717) is 40.9 Å². The Kier molecular flexibility index (Phi) is 11.5. The fraction of sp³-hybridized carbons (Fsp3) is 0.393. The molecular formula is C28H32ClN5O2S. The summed E-state index contributed by atoms with van der Waals surface area (Å²) in [5, 5.41) is 17.6. The van der Waals surface area contributed by atoms with Crippen LogP contribution in [0.4, 0.5) is 16.5 Å². The molecule has 0 saturated heterocycles. The number of halogens is 1. The number of ether oxygens (including phenoxy) is 1. The molecule has 0 N–H and O–H groups in total. The SMILES string of the molecule is CCC(CCCOc1ccc(CC#N)cc1)CCN(CC)c1ccc(N=Nc2nc(Cl)c(C=O)s2)cc1. The number of carbonyl (C=O) groups is 1. The van der Waals surface area contributed by atoms with Crippen molar-refractivity contribution in [1.82, 2.24) is 4.98 Å².